The van der Waals surface area contributed by atoms with E-state index in [1.807, 2.05) is 11.8 Å². The lowest BCUT2D eigenvalue weighted by atomic mass is 9.89. The summed E-state index contributed by atoms with van der Waals surface area (Å²) in [4.78, 5) is 0. The quantitative estimate of drug-likeness (QED) is 0.0265. The van der Waals surface area contributed by atoms with Crippen LogP contribution in [-0.2, 0) is 0 Å². The molecule has 0 aromatic heterocycles. The van der Waals surface area contributed by atoms with Gasteiger partial charge in [-0.15, -0.1) is 0 Å². The van der Waals surface area contributed by atoms with Gasteiger partial charge in [0.1, 0.15) is 8.07 Å². The van der Waals surface area contributed by atoms with Gasteiger partial charge in [0.15, 0.2) is 0 Å². The van der Waals surface area contributed by atoms with Crippen LogP contribution in [0.4, 0.5) is 0 Å². The fourth-order valence-electron chi connectivity index (χ4n) is 11.3. The average Bonchev–Trinajstić information content (AvgIpc) is 3.63. The number of allylic oxidation sites excluding steroid dienone is 2. The van der Waals surface area contributed by atoms with Crippen molar-refractivity contribution >= 4 is 130 Å². The number of rotatable bonds is 33. The Balaban J connectivity index is 1.76. The summed E-state index contributed by atoms with van der Waals surface area (Å²) in [6.45, 7) is 0. The van der Waals surface area contributed by atoms with Gasteiger partial charge in [0, 0.05) is 24.8 Å². The number of thioether (sulfide) groups is 3. The molecular formula is C55H77Br3S3Si3. The van der Waals surface area contributed by atoms with Gasteiger partial charge in [0.25, 0.3) is 0 Å². The van der Waals surface area contributed by atoms with Crippen molar-refractivity contribution in [1.82, 2.24) is 0 Å². The second-order valence-corrected chi connectivity index (χ2v) is 36.4. The van der Waals surface area contributed by atoms with E-state index in [9.17, 15) is 0 Å². The van der Waals surface area contributed by atoms with Gasteiger partial charge in [-0.05, 0) is 136 Å². The minimum Gasteiger partial charge on any atom is -0.165 e. The fraction of sp³-hybridized carbons (Fsp3) is 0.491. The average molecular weight is 1160 g/mol. The first-order valence-corrected chi connectivity index (χ1v) is 39.5. The van der Waals surface area contributed by atoms with Gasteiger partial charge in [0.05, 0.1) is 8.07 Å². The highest BCUT2D eigenvalue weighted by atomic mass is 79.9. The number of alkyl halides is 3. The molecule has 0 amide bonds. The molecular weight excluding hydrogens is 1080 g/mol. The van der Waals surface area contributed by atoms with E-state index in [1.54, 1.807) is 10.4 Å². The molecule has 2 atom stereocenters. The maximum atomic E-state index is 3.95. The molecule has 1 heterocycles. The second-order valence-electron chi connectivity index (χ2n) is 18.2. The highest BCUT2D eigenvalue weighted by Crippen LogP contribution is 2.59. The zero-order valence-electron chi connectivity index (χ0n) is 39.3. The number of hydrogen-bond acceptors (Lipinski definition) is 3. The van der Waals surface area contributed by atoms with Crippen molar-refractivity contribution in [1.29, 1.82) is 0 Å². The lowest BCUT2D eigenvalue weighted by Crippen LogP contribution is -2.39. The van der Waals surface area contributed by atoms with E-state index >= 15 is 0 Å². The van der Waals surface area contributed by atoms with Crippen molar-refractivity contribution in [2.75, 3.05) is 52.0 Å². The van der Waals surface area contributed by atoms with Crippen LogP contribution in [0, 0.1) is 0 Å². The number of halogens is 3. The lowest BCUT2D eigenvalue weighted by molar-refractivity contribution is 0.686. The smallest absolute Gasteiger partial charge is 0.121 e. The van der Waals surface area contributed by atoms with Gasteiger partial charge in [-0.2, -0.15) is 35.3 Å². The third-order valence-corrected chi connectivity index (χ3v) is 33.2. The zero-order chi connectivity index (χ0) is 45.3. The maximum absolute atomic E-state index is 3.95. The Morgan fingerprint density at radius 2 is 0.859 bits per heavy atom. The molecule has 0 saturated carbocycles. The minimum atomic E-state index is -2.49. The first-order valence-electron chi connectivity index (χ1n) is 24.4. The molecule has 0 bridgehead atoms. The van der Waals surface area contributed by atoms with E-state index in [1.165, 1.54) is 157 Å². The summed E-state index contributed by atoms with van der Waals surface area (Å²) in [5, 5.41) is 6.87. The Morgan fingerprint density at radius 3 is 1.31 bits per heavy atom. The van der Waals surface area contributed by atoms with E-state index in [0.717, 1.165) is 21.5 Å². The molecule has 1 aliphatic rings. The van der Waals surface area contributed by atoms with E-state index < -0.39 is 24.9 Å². The molecule has 9 heteroatoms. The van der Waals surface area contributed by atoms with E-state index in [2.05, 4.69) is 211 Å². The third kappa shape index (κ3) is 15.8. The molecule has 5 rings (SSSR count). The summed E-state index contributed by atoms with van der Waals surface area (Å²) in [6.07, 6.45) is 19.2. The summed E-state index contributed by atoms with van der Waals surface area (Å²) in [5.74, 6) is 3.92. The fourth-order valence-corrected chi connectivity index (χ4v) is 31.7. The van der Waals surface area contributed by atoms with Crippen LogP contribution in [0.3, 0.4) is 0 Å². The highest BCUT2D eigenvalue weighted by molar-refractivity contribution is 9.09. The summed E-state index contributed by atoms with van der Waals surface area (Å²) in [5.41, 5.74) is 9.67. The molecule has 348 valence electrons. The lowest BCUT2D eigenvalue weighted by Gasteiger charge is -2.38. The van der Waals surface area contributed by atoms with Crippen molar-refractivity contribution in [2.24, 2.45) is 0 Å². The predicted molar refractivity (Wildman–Crippen MR) is 318 cm³/mol. The molecule has 1 aliphatic heterocycles. The van der Waals surface area contributed by atoms with E-state index in [4.69, 9.17) is 0 Å². The van der Waals surface area contributed by atoms with Crippen molar-refractivity contribution < 1.29 is 0 Å². The Hall–Kier alpha value is -0.499. The van der Waals surface area contributed by atoms with Crippen LogP contribution in [-0.4, -0.2) is 77.0 Å². The summed E-state index contributed by atoms with van der Waals surface area (Å²) < 4.78 is 0. The Labute approximate surface area is 432 Å². The molecule has 0 nitrogen and oxygen atoms in total. The number of hydrogen-bond donors (Lipinski definition) is 0. The largest absolute Gasteiger partial charge is 0.165 e. The maximum Gasteiger partial charge on any atom is 0.121 e. The molecule has 0 radical (unpaired) electrons. The van der Waals surface area contributed by atoms with Crippen molar-refractivity contribution in [3.05, 3.63) is 144 Å². The highest BCUT2D eigenvalue weighted by Gasteiger charge is 2.50. The molecule has 0 saturated heterocycles. The summed E-state index contributed by atoms with van der Waals surface area (Å²) >= 11 is 17.9. The molecule has 0 N–H and O–H groups in total. The molecule has 64 heavy (non-hydrogen) atoms. The van der Waals surface area contributed by atoms with Gasteiger partial charge < -0.3 is 0 Å². The Morgan fingerprint density at radius 1 is 0.453 bits per heavy atom. The van der Waals surface area contributed by atoms with Crippen molar-refractivity contribution in [2.45, 2.75) is 112 Å². The molecule has 0 fully saturated rings. The van der Waals surface area contributed by atoms with Gasteiger partial charge in [0.2, 0.25) is 0 Å². The standard InChI is InChI=1S/C55H77Br3S3Si3/c1-59-36-18-39-62(51(32-35-58)31-16-33-56)40-21-45-64(46-22-44-63(41-17-34-57,42-19-37-60-2)43-20-38-61-3)54(49-27-12-6-13-28-49)52(47-23-8-4-9-24-47)53(48-25-10-5-11-26-48)55(64)50-29-14-7-15-30-50/h4-15,23-30,51,62H,16-22,31-46H2,1-3H3. The van der Waals surface area contributed by atoms with E-state index in [-0.39, 0.29) is 0 Å². The molecule has 0 aliphatic carbocycles. The van der Waals surface area contributed by atoms with Crippen LogP contribution >= 0.6 is 83.1 Å². The van der Waals surface area contributed by atoms with Crippen LogP contribution in [0.15, 0.2) is 121 Å². The minimum absolute atomic E-state index is 0.914. The van der Waals surface area contributed by atoms with E-state index in [0.29, 0.717) is 0 Å². The number of benzene rings is 4. The van der Waals surface area contributed by atoms with Crippen molar-refractivity contribution in [3.8, 4) is 0 Å². The second kappa shape index (κ2) is 30.9. The molecule has 4 aromatic carbocycles. The van der Waals surface area contributed by atoms with Gasteiger partial charge in [-0.1, -0.05) is 225 Å². The Kier molecular flexibility index (Phi) is 26.3. The Bertz CT molecular complexity index is 1820. The summed E-state index contributed by atoms with van der Waals surface area (Å²) in [7, 11) is -5.06. The van der Waals surface area contributed by atoms with Gasteiger partial charge in [-0.25, -0.2) is 0 Å². The van der Waals surface area contributed by atoms with Crippen molar-refractivity contribution in [3.63, 3.8) is 0 Å². The molecule has 4 aromatic rings. The van der Waals surface area contributed by atoms with Crippen LogP contribution in [0.1, 0.15) is 80.0 Å². The van der Waals surface area contributed by atoms with Crippen LogP contribution in [0.5, 0.6) is 0 Å². The SMILES string of the molecule is CSCCC[SiH](CCC[Si]1(CCC[Si](CCCBr)(CCCSC)CCCSC)C(c2ccccc2)=C(c2ccccc2)C(c2ccccc2)=C1c1ccccc1)C(CCBr)CCCBr. The van der Waals surface area contributed by atoms with Crippen LogP contribution in [0.2, 0.25) is 53.9 Å². The first kappa shape index (κ1) is 54.4. The molecule has 0 spiro atoms. The third-order valence-electron chi connectivity index (χ3n) is 14.2. The van der Waals surface area contributed by atoms with Crippen LogP contribution in [0.25, 0.3) is 21.5 Å². The van der Waals surface area contributed by atoms with Crippen LogP contribution < -0.4 is 0 Å². The first-order chi connectivity index (χ1) is 31.5. The topological polar surface area (TPSA) is 0 Å². The molecule has 2 unspecified atom stereocenters. The summed E-state index contributed by atoms with van der Waals surface area (Å²) in [6, 6.07) is 58.6. The predicted octanol–water partition coefficient (Wildman–Crippen LogP) is 18.6. The monoisotopic (exact) mass is 1150 g/mol. The van der Waals surface area contributed by atoms with Gasteiger partial charge >= 0.3 is 0 Å². The zero-order valence-corrected chi connectivity index (χ0v) is 49.7. The normalized spacial score (nSPS) is 15.0. The van der Waals surface area contributed by atoms with Gasteiger partial charge in [-0.3, -0.25) is 0 Å².